The Labute approximate surface area is 130 Å². The van der Waals surface area contributed by atoms with Crippen molar-refractivity contribution in [3.63, 3.8) is 0 Å². The minimum absolute atomic E-state index is 0.0646. The van der Waals surface area contributed by atoms with E-state index in [1.54, 1.807) is 0 Å². The van der Waals surface area contributed by atoms with Gasteiger partial charge in [0.2, 0.25) is 0 Å². The van der Waals surface area contributed by atoms with Crippen LogP contribution < -0.4 is 0 Å². The molecule has 0 spiro atoms. The van der Waals surface area contributed by atoms with Crippen LogP contribution in [0.5, 0.6) is 0 Å². The van der Waals surface area contributed by atoms with Crippen molar-refractivity contribution in [2.45, 2.75) is 17.7 Å². The fourth-order valence-electron chi connectivity index (χ4n) is 3.25. The predicted octanol–water partition coefficient (Wildman–Crippen LogP) is 4.07. The first-order valence-corrected chi connectivity index (χ1v) is 9.02. The third kappa shape index (κ3) is 2.04. The summed E-state index contributed by atoms with van der Waals surface area (Å²) in [5.74, 6) is 0.104. The van der Waals surface area contributed by atoms with Crippen molar-refractivity contribution in [2.75, 3.05) is 5.75 Å². The fourth-order valence-corrected chi connectivity index (χ4v) is 5.11. The first-order valence-electron chi connectivity index (χ1n) is 7.37. The van der Waals surface area contributed by atoms with Gasteiger partial charge in [0.25, 0.3) is 0 Å². The molecule has 0 amide bonds. The number of hydrogen-bond acceptors (Lipinski definition) is 2. The van der Waals surface area contributed by atoms with E-state index in [4.69, 9.17) is 0 Å². The molecule has 1 aliphatic heterocycles. The highest BCUT2D eigenvalue weighted by molar-refractivity contribution is 7.91. The first-order chi connectivity index (χ1) is 10.5. The molecule has 1 aliphatic rings. The van der Waals surface area contributed by atoms with Gasteiger partial charge >= 0.3 is 0 Å². The number of rotatable bonds is 1. The normalized spacial score (nSPS) is 19.2. The molecular formula is C19H16O2S. The highest BCUT2D eigenvalue weighted by Gasteiger charge is 2.35. The molecular weight excluding hydrogens is 292 g/mol. The summed E-state index contributed by atoms with van der Waals surface area (Å²) in [6.45, 7) is 2.04. The largest absolute Gasteiger partial charge is 0.224 e. The number of benzene rings is 3. The summed E-state index contributed by atoms with van der Waals surface area (Å²) in [5, 5.41) is 2.07. The molecule has 3 aromatic rings. The third-order valence-corrected chi connectivity index (χ3v) is 6.25. The van der Waals surface area contributed by atoms with Gasteiger partial charge in [-0.15, -0.1) is 0 Å². The summed E-state index contributed by atoms with van der Waals surface area (Å²) < 4.78 is 25.1. The molecule has 0 radical (unpaired) electrons. The van der Waals surface area contributed by atoms with E-state index in [1.165, 1.54) is 5.56 Å². The molecule has 0 fully saturated rings. The molecule has 0 aromatic heterocycles. The highest BCUT2D eigenvalue weighted by atomic mass is 32.2. The Morgan fingerprint density at radius 3 is 2.23 bits per heavy atom. The second-order valence-electron chi connectivity index (χ2n) is 5.98. The Kier molecular flexibility index (Phi) is 2.88. The SMILES string of the molecule is Cc1ccc(C2CS(=O)(=O)c3cc4ccccc4cc32)cc1. The van der Waals surface area contributed by atoms with Gasteiger partial charge in [0, 0.05) is 5.92 Å². The molecule has 0 N–H and O–H groups in total. The van der Waals surface area contributed by atoms with Crippen LogP contribution in [0.3, 0.4) is 0 Å². The zero-order valence-electron chi connectivity index (χ0n) is 12.3. The van der Waals surface area contributed by atoms with Crippen LogP contribution in [0.25, 0.3) is 10.8 Å². The van der Waals surface area contributed by atoms with Crippen molar-refractivity contribution < 1.29 is 8.42 Å². The molecule has 0 bridgehead atoms. The lowest BCUT2D eigenvalue weighted by molar-refractivity contribution is 0.599. The maximum absolute atomic E-state index is 12.5. The molecule has 0 saturated carbocycles. The van der Waals surface area contributed by atoms with Gasteiger partial charge in [-0.25, -0.2) is 8.42 Å². The monoisotopic (exact) mass is 308 g/mol. The molecule has 110 valence electrons. The summed E-state index contributed by atoms with van der Waals surface area (Å²) in [6.07, 6.45) is 0. The van der Waals surface area contributed by atoms with Crippen molar-refractivity contribution in [1.82, 2.24) is 0 Å². The van der Waals surface area contributed by atoms with Gasteiger partial charge < -0.3 is 0 Å². The lowest BCUT2D eigenvalue weighted by Crippen LogP contribution is -2.04. The number of sulfone groups is 1. The lowest BCUT2D eigenvalue weighted by atomic mass is 9.91. The van der Waals surface area contributed by atoms with Crippen LogP contribution in [0.4, 0.5) is 0 Å². The van der Waals surface area contributed by atoms with E-state index in [2.05, 4.69) is 0 Å². The van der Waals surface area contributed by atoms with Crippen molar-refractivity contribution in [1.29, 1.82) is 0 Å². The van der Waals surface area contributed by atoms with E-state index in [9.17, 15) is 8.42 Å². The number of aryl methyl sites for hydroxylation is 1. The van der Waals surface area contributed by atoms with E-state index < -0.39 is 9.84 Å². The fraction of sp³-hybridized carbons (Fsp3) is 0.158. The zero-order chi connectivity index (χ0) is 15.3. The van der Waals surface area contributed by atoms with Crippen molar-refractivity contribution >= 4 is 20.6 Å². The van der Waals surface area contributed by atoms with Crippen molar-refractivity contribution in [2.24, 2.45) is 0 Å². The van der Waals surface area contributed by atoms with Crippen LogP contribution >= 0.6 is 0 Å². The topological polar surface area (TPSA) is 34.1 Å². The quantitative estimate of drug-likeness (QED) is 0.679. The smallest absolute Gasteiger partial charge is 0.179 e. The summed E-state index contributed by atoms with van der Waals surface area (Å²) in [7, 11) is -3.20. The van der Waals surface area contributed by atoms with Gasteiger partial charge in [-0.3, -0.25) is 0 Å². The maximum Gasteiger partial charge on any atom is 0.179 e. The molecule has 4 rings (SSSR count). The molecule has 0 saturated heterocycles. The second kappa shape index (κ2) is 4.68. The van der Waals surface area contributed by atoms with Gasteiger partial charge in [0.15, 0.2) is 9.84 Å². The minimum Gasteiger partial charge on any atom is -0.224 e. The molecule has 0 aliphatic carbocycles. The van der Waals surface area contributed by atoms with E-state index in [-0.39, 0.29) is 11.7 Å². The lowest BCUT2D eigenvalue weighted by Gasteiger charge is -2.11. The van der Waals surface area contributed by atoms with Gasteiger partial charge in [0.05, 0.1) is 10.6 Å². The Bertz CT molecular complexity index is 970. The molecule has 3 heteroatoms. The molecule has 1 unspecified atom stereocenters. The number of hydrogen-bond donors (Lipinski definition) is 0. The van der Waals surface area contributed by atoms with Crippen LogP contribution in [0.15, 0.2) is 65.6 Å². The summed E-state index contributed by atoms with van der Waals surface area (Å²) >= 11 is 0. The molecule has 22 heavy (non-hydrogen) atoms. The summed E-state index contributed by atoms with van der Waals surface area (Å²) in [4.78, 5) is 0.497. The highest BCUT2D eigenvalue weighted by Crippen LogP contribution is 2.41. The van der Waals surface area contributed by atoms with Crippen molar-refractivity contribution in [3.8, 4) is 0 Å². The Balaban J connectivity index is 1.96. The van der Waals surface area contributed by atoms with E-state index in [0.29, 0.717) is 4.90 Å². The molecule has 2 nitrogen and oxygen atoms in total. The predicted molar refractivity (Wildman–Crippen MR) is 89.0 cm³/mol. The average molecular weight is 308 g/mol. The van der Waals surface area contributed by atoms with Crippen LogP contribution in [-0.2, 0) is 9.84 Å². The van der Waals surface area contributed by atoms with E-state index in [0.717, 1.165) is 21.9 Å². The number of fused-ring (bicyclic) bond motifs is 2. The Morgan fingerprint density at radius 2 is 1.55 bits per heavy atom. The van der Waals surface area contributed by atoms with Crippen molar-refractivity contribution in [3.05, 3.63) is 77.4 Å². The van der Waals surface area contributed by atoms with Crippen LogP contribution in [0.1, 0.15) is 22.6 Å². The molecule has 1 heterocycles. The average Bonchev–Trinajstić information content (AvgIpc) is 2.77. The summed E-state index contributed by atoms with van der Waals surface area (Å²) in [6, 6.07) is 20.0. The zero-order valence-corrected chi connectivity index (χ0v) is 13.1. The maximum atomic E-state index is 12.5. The van der Waals surface area contributed by atoms with Gasteiger partial charge in [-0.2, -0.15) is 0 Å². The van der Waals surface area contributed by atoms with E-state index in [1.807, 2.05) is 67.6 Å². The van der Waals surface area contributed by atoms with Crippen LogP contribution in [-0.4, -0.2) is 14.2 Å². The molecule has 3 aromatic carbocycles. The van der Waals surface area contributed by atoms with Gasteiger partial charge in [-0.05, 0) is 41.0 Å². The van der Waals surface area contributed by atoms with E-state index >= 15 is 0 Å². The second-order valence-corrected chi connectivity index (χ2v) is 7.98. The van der Waals surface area contributed by atoms with Crippen LogP contribution in [0.2, 0.25) is 0 Å². The standard InChI is InChI=1S/C19H16O2S/c1-13-6-8-14(9-7-13)18-12-22(20,21)19-11-16-5-3-2-4-15(16)10-17(18)19/h2-11,18H,12H2,1H3. The third-order valence-electron chi connectivity index (χ3n) is 4.45. The molecule has 1 atom stereocenters. The Morgan fingerprint density at radius 1 is 0.909 bits per heavy atom. The van der Waals surface area contributed by atoms with Gasteiger partial charge in [0.1, 0.15) is 0 Å². The Hall–Kier alpha value is -2.13. The first kappa shape index (κ1) is 13.5. The van der Waals surface area contributed by atoms with Gasteiger partial charge in [-0.1, -0.05) is 54.1 Å². The minimum atomic E-state index is -3.20. The van der Waals surface area contributed by atoms with Crippen LogP contribution in [0, 0.1) is 6.92 Å². The summed E-state index contributed by atoms with van der Waals surface area (Å²) in [5.41, 5.74) is 3.19.